The minimum Gasteiger partial charge on any atom is -0.381 e. The van der Waals surface area contributed by atoms with E-state index in [2.05, 4.69) is 52.5 Å². The van der Waals surface area contributed by atoms with Crippen molar-refractivity contribution in [2.45, 2.75) is 32.9 Å². The smallest absolute Gasteiger partial charge is 0.0418 e. The minimum absolute atomic E-state index is 0.825. The number of nitrogens with zero attached hydrogens (tertiary/aromatic N) is 2. The third kappa shape index (κ3) is 3.82. The molecule has 0 bridgehead atoms. The van der Waals surface area contributed by atoms with Crippen molar-refractivity contribution < 1.29 is 0 Å². The average Bonchev–Trinajstić information content (AvgIpc) is 3.01. The van der Waals surface area contributed by atoms with E-state index in [0.717, 1.165) is 13.1 Å². The fraction of sp³-hybridized carbons (Fsp3) is 0.389. The molecule has 0 amide bonds. The van der Waals surface area contributed by atoms with Gasteiger partial charge in [-0.1, -0.05) is 12.1 Å². The van der Waals surface area contributed by atoms with Gasteiger partial charge in [0, 0.05) is 31.2 Å². The first-order chi connectivity index (χ1) is 10.3. The van der Waals surface area contributed by atoms with Gasteiger partial charge in [0.05, 0.1) is 0 Å². The Hall–Kier alpha value is -1.87. The van der Waals surface area contributed by atoms with Crippen LogP contribution in [0.2, 0.25) is 0 Å². The molecule has 1 aromatic carbocycles. The Bertz CT molecular complexity index is 571. The van der Waals surface area contributed by atoms with Gasteiger partial charge in [0.25, 0.3) is 0 Å². The molecule has 2 heterocycles. The molecule has 0 unspecified atom stereocenters. The van der Waals surface area contributed by atoms with Crippen LogP contribution in [-0.2, 0) is 13.1 Å². The predicted octanol–water partition coefficient (Wildman–Crippen LogP) is 3.60. The lowest BCUT2D eigenvalue weighted by Gasteiger charge is -2.15. The van der Waals surface area contributed by atoms with Gasteiger partial charge in [-0.2, -0.15) is 0 Å². The molecule has 1 saturated heterocycles. The first-order valence-electron chi connectivity index (χ1n) is 7.76. The van der Waals surface area contributed by atoms with Gasteiger partial charge < -0.3 is 5.32 Å². The van der Waals surface area contributed by atoms with Crippen molar-refractivity contribution in [2.75, 3.05) is 18.4 Å². The molecule has 0 radical (unpaired) electrons. The lowest BCUT2D eigenvalue weighted by molar-refractivity contribution is 0.331. The molecular formula is C18H23N3. The number of nitrogens with one attached hydrogen (secondary N) is 1. The first kappa shape index (κ1) is 14.1. The summed E-state index contributed by atoms with van der Waals surface area (Å²) in [6.07, 6.45) is 6.48. The van der Waals surface area contributed by atoms with E-state index in [4.69, 9.17) is 0 Å². The first-order valence-corrected chi connectivity index (χ1v) is 7.76. The summed E-state index contributed by atoms with van der Waals surface area (Å²) in [5, 5.41) is 3.47. The maximum Gasteiger partial charge on any atom is 0.0418 e. The van der Waals surface area contributed by atoms with Crippen LogP contribution in [0.1, 0.15) is 29.5 Å². The van der Waals surface area contributed by atoms with Crippen LogP contribution >= 0.6 is 0 Å². The van der Waals surface area contributed by atoms with E-state index in [1.54, 1.807) is 0 Å². The van der Waals surface area contributed by atoms with Crippen molar-refractivity contribution in [3.8, 4) is 0 Å². The van der Waals surface area contributed by atoms with Gasteiger partial charge in [-0.25, -0.2) is 0 Å². The van der Waals surface area contributed by atoms with Gasteiger partial charge in [-0.05, 0) is 67.7 Å². The monoisotopic (exact) mass is 281 g/mol. The van der Waals surface area contributed by atoms with Crippen LogP contribution in [0.25, 0.3) is 0 Å². The van der Waals surface area contributed by atoms with Gasteiger partial charge in [0.2, 0.25) is 0 Å². The second-order valence-corrected chi connectivity index (χ2v) is 5.84. The number of hydrogen-bond acceptors (Lipinski definition) is 3. The number of benzene rings is 1. The average molecular weight is 281 g/mol. The molecule has 0 aliphatic carbocycles. The largest absolute Gasteiger partial charge is 0.381 e. The SMILES string of the molecule is Cc1ccncc1CNc1ccc(CN2CCCC2)cc1. The van der Waals surface area contributed by atoms with Crippen LogP contribution in [0.4, 0.5) is 5.69 Å². The summed E-state index contributed by atoms with van der Waals surface area (Å²) in [4.78, 5) is 6.71. The molecule has 1 aromatic heterocycles. The van der Waals surface area contributed by atoms with E-state index in [1.807, 2.05) is 12.4 Å². The Morgan fingerprint density at radius 2 is 1.86 bits per heavy atom. The maximum atomic E-state index is 4.18. The summed E-state index contributed by atoms with van der Waals surface area (Å²) in [6, 6.07) is 10.9. The van der Waals surface area contributed by atoms with Crippen molar-refractivity contribution in [2.24, 2.45) is 0 Å². The second-order valence-electron chi connectivity index (χ2n) is 5.84. The molecule has 3 heteroatoms. The lowest BCUT2D eigenvalue weighted by Crippen LogP contribution is -2.18. The molecule has 1 N–H and O–H groups in total. The lowest BCUT2D eigenvalue weighted by atomic mass is 10.1. The zero-order chi connectivity index (χ0) is 14.5. The Labute approximate surface area is 127 Å². The van der Waals surface area contributed by atoms with Crippen molar-refractivity contribution >= 4 is 5.69 Å². The molecule has 1 aliphatic heterocycles. The van der Waals surface area contributed by atoms with Crippen LogP contribution in [0.3, 0.4) is 0 Å². The topological polar surface area (TPSA) is 28.2 Å². The maximum absolute atomic E-state index is 4.18. The van der Waals surface area contributed by atoms with Gasteiger partial charge in [-0.15, -0.1) is 0 Å². The number of aromatic nitrogens is 1. The van der Waals surface area contributed by atoms with E-state index < -0.39 is 0 Å². The van der Waals surface area contributed by atoms with E-state index in [1.165, 1.54) is 48.3 Å². The number of hydrogen-bond donors (Lipinski definition) is 1. The molecule has 1 fully saturated rings. The van der Waals surface area contributed by atoms with E-state index in [-0.39, 0.29) is 0 Å². The number of aryl methyl sites for hydroxylation is 1. The highest BCUT2D eigenvalue weighted by molar-refractivity contribution is 5.45. The van der Waals surface area contributed by atoms with E-state index >= 15 is 0 Å². The molecule has 3 nitrogen and oxygen atoms in total. The molecular weight excluding hydrogens is 258 g/mol. The molecule has 0 atom stereocenters. The molecule has 0 spiro atoms. The highest BCUT2D eigenvalue weighted by atomic mass is 15.1. The molecule has 21 heavy (non-hydrogen) atoms. The van der Waals surface area contributed by atoms with Crippen molar-refractivity contribution in [3.63, 3.8) is 0 Å². The Balaban J connectivity index is 1.55. The Morgan fingerprint density at radius 3 is 2.57 bits per heavy atom. The fourth-order valence-corrected chi connectivity index (χ4v) is 2.81. The van der Waals surface area contributed by atoms with Crippen LogP contribution in [-0.4, -0.2) is 23.0 Å². The summed E-state index contributed by atoms with van der Waals surface area (Å²) in [5.41, 5.74) is 5.10. The van der Waals surface area contributed by atoms with Crippen molar-refractivity contribution in [1.82, 2.24) is 9.88 Å². The summed E-state index contributed by atoms with van der Waals surface area (Å²) in [7, 11) is 0. The number of likely N-dealkylation sites (tertiary alicyclic amines) is 1. The highest BCUT2D eigenvalue weighted by Crippen LogP contribution is 2.16. The highest BCUT2D eigenvalue weighted by Gasteiger charge is 2.11. The third-order valence-electron chi connectivity index (χ3n) is 4.19. The van der Waals surface area contributed by atoms with Gasteiger partial charge in [0.1, 0.15) is 0 Å². The Morgan fingerprint density at radius 1 is 1.10 bits per heavy atom. The molecule has 110 valence electrons. The summed E-state index contributed by atoms with van der Waals surface area (Å²) < 4.78 is 0. The molecule has 0 saturated carbocycles. The molecule has 2 aromatic rings. The molecule has 3 rings (SSSR count). The number of anilines is 1. The summed E-state index contributed by atoms with van der Waals surface area (Å²) in [5.74, 6) is 0. The van der Waals surface area contributed by atoms with Crippen LogP contribution in [0, 0.1) is 6.92 Å². The predicted molar refractivity (Wildman–Crippen MR) is 87.3 cm³/mol. The Kier molecular flexibility index (Phi) is 4.51. The zero-order valence-corrected chi connectivity index (χ0v) is 12.7. The second kappa shape index (κ2) is 6.72. The summed E-state index contributed by atoms with van der Waals surface area (Å²) in [6.45, 7) is 6.53. The quantitative estimate of drug-likeness (QED) is 0.907. The van der Waals surface area contributed by atoms with Crippen molar-refractivity contribution in [3.05, 3.63) is 59.4 Å². The van der Waals surface area contributed by atoms with Crippen molar-refractivity contribution in [1.29, 1.82) is 0 Å². The normalized spacial score (nSPS) is 15.3. The standard InChI is InChI=1S/C18H23N3/c1-15-8-9-19-12-17(15)13-20-18-6-4-16(5-7-18)14-21-10-2-3-11-21/h4-9,12,20H,2-3,10-11,13-14H2,1H3. The van der Waals surface area contributed by atoms with Gasteiger partial charge in [-0.3, -0.25) is 9.88 Å². The van der Waals surface area contributed by atoms with Gasteiger partial charge >= 0.3 is 0 Å². The van der Waals surface area contributed by atoms with Crippen LogP contribution in [0.5, 0.6) is 0 Å². The van der Waals surface area contributed by atoms with E-state index in [0.29, 0.717) is 0 Å². The number of pyridine rings is 1. The van der Waals surface area contributed by atoms with Gasteiger partial charge in [0.15, 0.2) is 0 Å². The van der Waals surface area contributed by atoms with E-state index in [9.17, 15) is 0 Å². The fourth-order valence-electron chi connectivity index (χ4n) is 2.81. The third-order valence-corrected chi connectivity index (χ3v) is 4.19. The number of rotatable bonds is 5. The molecule has 1 aliphatic rings. The van der Waals surface area contributed by atoms with Crippen LogP contribution < -0.4 is 5.32 Å². The summed E-state index contributed by atoms with van der Waals surface area (Å²) >= 11 is 0. The zero-order valence-electron chi connectivity index (χ0n) is 12.7. The minimum atomic E-state index is 0.825. The van der Waals surface area contributed by atoms with Crippen LogP contribution in [0.15, 0.2) is 42.7 Å².